The summed E-state index contributed by atoms with van der Waals surface area (Å²) >= 11 is 0. The van der Waals surface area contributed by atoms with Gasteiger partial charge in [0, 0.05) is 31.8 Å². The van der Waals surface area contributed by atoms with Crippen molar-refractivity contribution in [2.45, 2.75) is 45.1 Å². The van der Waals surface area contributed by atoms with Gasteiger partial charge in [-0.2, -0.15) is 0 Å². The maximum atomic E-state index is 12.5. The van der Waals surface area contributed by atoms with E-state index in [1.165, 1.54) is 6.26 Å². The highest BCUT2D eigenvalue weighted by Gasteiger charge is 2.47. The molecule has 0 aromatic heterocycles. The molecule has 2 atom stereocenters. The van der Waals surface area contributed by atoms with E-state index >= 15 is 0 Å². The molecule has 0 spiro atoms. The Hall–Kier alpha value is -0.620. The molecule has 1 heterocycles. The lowest BCUT2D eigenvalue weighted by Gasteiger charge is -2.38. The van der Waals surface area contributed by atoms with E-state index in [2.05, 4.69) is 6.92 Å². The summed E-state index contributed by atoms with van der Waals surface area (Å²) < 4.78 is 22.9. The molecule has 0 aromatic carbocycles. The summed E-state index contributed by atoms with van der Waals surface area (Å²) in [7, 11) is -3.02. The molecule has 116 valence electrons. The normalized spacial score (nSPS) is 29.2. The summed E-state index contributed by atoms with van der Waals surface area (Å²) in [6.45, 7) is 3.45. The highest BCUT2D eigenvalue weighted by atomic mass is 32.2. The first kappa shape index (κ1) is 15.8. The van der Waals surface area contributed by atoms with Crippen LogP contribution in [0.4, 0.5) is 0 Å². The molecule has 0 bridgehead atoms. The second-order valence-corrected chi connectivity index (χ2v) is 8.99. The van der Waals surface area contributed by atoms with Gasteiger partial charge in [0.1, 0.15) is 9.84 Å². The Morgan fingerprint density at radius 3 is 2.55 bits per heavy atom. The monoisotopic (exact) mass is 302 g/mol. The van der Waals surface area contributed by atoms with Gasteiger partial charge < -0.3 is 10.6 Å². The third-order valence-electron chi connectivity index (χ3n) is 4.62. The van der Waals surface area contributed by atoms with E-state index in [0.29, 0.717) is 18.9 Å². The molecule has 1 saturated carbocycles. The fraction of sp³-hybridized carbons (Fsp3) is 0.929. The predicted octanol–water partition coefficient (Wildman–Crippen LogP) is 0.787. The maximum Gasteiger partial charge on any atom is 0.223 e. The van der Waals surface area contributed by atoms with Crippen molar-refractivity contribution >= 4 is 15.7 Å². The molecule has 0 radical (unpaired) electrons. The zero-order valence-corrected chi connectivity index (χ0v) is 13.3. The van der Waals surface area contributed by atoms with Crippen LogP contribution in [0.1, 0.15) is 39.0 Å². The van der Waals surface area contributed by atoms with Crippen molar-refractivity contribution in [2.24, 2.45) is 17.1 Å². The molecule has 0 aromatic rings. The highest BCUT2D eigenvalue weighted by molar-refractivity contribution is 7.90. The molecule has 20 heavy (non-hydrogen) atoms. The smallest absolute Gasteiger partial charge is 0.223 e. The molecular formula is C14H26N2O3S. The number of piperidine rings is 1. The first-order chi connectivity index (χ1) is 9.25. The van der Waals surface area contributed by atoms with E-state index in [4.69, 9.17) is 5.73 Å². The van der Waals surface area contributed by atoms with E-state index < -0.39 is 9.84 Å². The Balaban J connectivity index is 1.98. The van der Waals surface area contributed by atoms with Crippen LogP contribution >= 0.6 is 0 Å². The van der Waals surface area contributed by atoms with Crippen LogP contribution < -0.4 is 5.73 Å². The molecule has 1 amide bonds. The molecule has 1 saturated heterocycles. The van der Waals surface area contributed by atoms with Gasteiger partial charge in [-0.05, 0) is 37.0 Å². The number of rotatable bonds is 5. The van der Waals surface area contributed by atoms with Gasteiger partial charge in [0.2, 0.25) is 5.91 Å². The molecule has 5 nitrogen and oxygen atoms in total. The third-order valence-corrected chi connectivity index (χ3v) is 5.76. The van der Waals surface area contributed by atoms with E-state index in [1.807, 2.05) is 4.90 Å². The number of carbonyl (C=O) groups is 1. The first-order valence-corrected chi connectivity index (χ1v) is 9.48. The minimum atomic E-state index is -3.02. The fourth-order valence-corrected chi connectivity index (χ4v) is 4.83. The Bertz CT molecular complexity index is 471. The molecular weight excluding hydrogens is 276 g/mol. The lowest BCUT2D eigenvalue weighted by molar-refractivity contribution is -0.136. The van der Waals surface area contributed by atoms with E-state index in [0.717, 1.165) is 32.2 Å². The van der Waals surface area contributed by atoms with Gasteiger partial charge in [-0.1, -0.05) is 6.92 Å². The minimum absolute atomic E-state index is 0.0912. The maximum absolute atomic E-state index is 12.5. The summed E-state index contributed by atoms with van der Waals surface area (Å²) in [6, 6.07) is 0.125. The number of likely N-dealkylation sites (tertiary alicyclic amines) is 1. The fourth-order valence-electron chi connectivity index (χ4n) is 3.33. The number of nitrogens with two attached hydrogens (primary N) is 1. The quantitative estimate of drug-likeness (QED) is 0.814. The van der Waals surface area contributed by atoms with Gasteiger partial charge in [-0.15, -0.1) is 0 Å². The largest absolute Gasteiger partial charge is 0.338 e. The van der Waals surface area contributed by atoms with Crippen LogP contribution in [0.25, 0.3) is 0 Å². The van der Waals surface area contributed by atoms with E-state index in [-0.39, 0.29) is 23.1 Å². The molecule has 2 rings (SSSR count). The van der Waals surface area contributed by atoms with Crippen LogP contribution in [0.15, 0.2) is 0 Å². The van der Waals surface area contributed by atoms with Crippen LogP contribution in [0.3, 0.4) is 0 Å². The van der Waals surface area contributed by atoms with Gasteiger partial charge >= 0.3 is 0 Å². The van der Waals surface area contributed by atoms with Crippen molar-refractivity contribution < 1.29 is 13.2 Å². The zero-order valence-electron chi connectivity index (χ0n) is 12.5. The number of hydrogen-bond acceptors (Lipinski definition) is 4. The summed E-state index contributed by atoms with van der Waals surface area (Å²) in [5.41, 5.74) is 5.50. The van der Waals surface area contributed by atoms with Crippen molar-refractivity contribution in [3.63, 3.8) is 0 Å². The van der Waals surface area contributed by atoms with Crippen LogP contribution in [0.5, 0.6) is 0 Å². The number of hydrogen-bond donors (Lipinski definition) is 1. The van der Waals surface area contributed by atoms with Crippen LogP contribution in [0.2, 0.25) is 0 Å². The summed E-state index contributed by atoms with van der Waals surface area (Å²) in [6.07, 6.45) is 5.29. The van der Waals surface area contributed by atoms with Crippen molar-refractivity contribution in [2.75, 3.05) is 25.1 Å². The molecule has 2 unspecified atom stereocenters. The van der Waals surface area contributed by atoms with Gasteiger partial charge in [-0.25, -0.2) is 8.42 Å². The molecule has 6 heteroatoms. The number of nitrogens with zero attached hydrogens (tertiary/aromatic N) is 1. The molecule has 1 aliphatic heterocycles. The van der Waals surface area contributed by atoms with Crippen molar-refractivity contribution in [3.8, 4) is 0 Å². The number of sulfone groups is 1. The first-order valence-electron chi connectivity index (χ1n) is 7.42. The van der Waals surface area contributed by atoms with Crippen molar-refractivity contribution in [1.29, 1.82) is 0 Å². The van der Waals surface area contributed by atoms with Gasteiger partial charge in [0.15, 0.2) is 0 Å². The van der Waals surface area contributed by atoms with Crippen LogP contribution in [0, 0.1) is 11.3 Å². The van der Waals surface area contributed by atoms with Gasteiger partial charge in [-0.3, -0.25) is 4.79 Å². The number of amides is 1. The van der Waals surface area contributed by atoms with Crippen LogP contribution in [-0.4, -0.2) is 50.4 Å². The number of carbonyl (C=O) groups excluding carboxylic acids is 1. The molecule has 2 aliphatic rings. The standard InChI is InChI=1S/C14H26N2O3S/c1-11-3-6-16(12(7-11)9-15)13(17)8-14(4-5-14)10-20(2,18)19/h11-12H,3-10,15H2,1-2H3. The minimum Gasteiger partial charge on any atom is -0.338 e. The Labute approximate surface area is 121 Å². The Morgan fingerprint density at radius 1 is 1.40 bits per heavy atom. The lowest BCUT2D eigenvalue weighted by atomic mass is 9.91. The van der Waals surface area contributed by atoms with E-state index in [9.17, 15) is 13.2 Å². The molecule has 2 N–H and O–H groups in total. The Morgan fingerprint density at radius 2 is 2.05 bits per heavy atom. The van der Waals surface area contributed by atoms with Gasteiger partial charge in [0.05, 0.1) is 5.75 Å². The Kier molecular flexibility index (Phi) is 4.44. The molecule has 1 aliphatic carbocycles. The summed E-state index contributed by atoms with van der Waals surface area (Å²) in [5, 5.41) is 0. The van der Waals surface area contributed by atoms with Crippen LogP contribution in [-0.2, 0) is 14.6 Å². The van der Waals surface area contributed by atoms with Gasteiger partial charge in [0.25, 0.3) is 0 Å². The van der Waals surface area contributed by atoms with Crippen molar-refractivity contribution in [3.05, 3.63) is 0 Å². The predicted molar refractivity (Wildman–Crippen MR) is 78.9 cm³/mol. The SMILES string of the molecule is CC1CCN(C(=O)CC2(CS(C)(=O)=O)CC2)C(CN)C1. The zero-order chi connectivity index (χ0) is 15.0. The van der Waals surface area contributed by atoms with Crippen molar-refractivity contribution in [1.82, 2.24) is 4.90 Å². The average molecular weight is 302 g/mol. The summed E-state index contributed by atoms with van der Waals surface area (Å²) in [5.74, 6) is 0.843. The third kappa shape index (κ3) is 3.95. The second kappa shape index (κ2) is 5.64. The van der Waals surface area contributed by atoms with E-state index in [1.54, 1.807) is 0 Å². The molecule has 2 fully saturated rings. The average Bonchev–Trinajstić information content (AvgIpc) is 3.05. The summed E-state index contributed by atoms with van der Waals surface area (Å²) in [4.78, 5) is 14.4. The second-order valence-electron chi connectivity index (χ2n) is 6.85. The topological polar surface area (TPSA) is 80.5 Å². The highest BCUT2D eigenvalue weighted by Crippen LogP contribution is 2.50. The lowest BCUT2D eigenvalue weighted by Crippen LogP contribution is -2.49.